The van der Waals surface area contributed by atoms with Gasteiger partial charge in [0.2, 0.25) is 6.08 Å². The van der Waals surface area contributed by atoms with Gasteiger partial charge >= 0.3 is 0 Å². The second-order valence-electron chi connectivity index (χ2n) is 6.75. The third-order valence-corrected chi connectivity index (χ3v) is 5.06. The molecular weight excluding hydrogens is 340 g/mol. The minimum Gasteiger partial charge on any atom is -0.370 e. The van der Waals surface area contributed by atoms with Crippen molar-refractivity contribution in [3.8, 4) is 11.3 Å². The fraction of sp³-hybridized carbons (Fsp3) is 0.286. The predicted molar refractivity (Wildman–Crippen MR) is 106 cm³/mol. The molecule has 0 atom stereocenters. The number of isocyanates is 1. The fourth-order valence-corrected chi connectivity index (χ4v) is 3.72. The predicted octanol–water partition coefficient (Wildman–Crippen LogP) is 3.94. The number of benzene rings is 2. The third-order valence-electron chi connectivity index (χ3n) is 5.06. The molecule has 1 saturated heterocycles. The largest absolute Gasteiger partial charge is 0.370 e. The molecule has 0 spiro atoms. The Balaban J connectivity index is 1.84. The van der Waals surface area contributed by atoms with E-state index >= 15 is 0 Å². The van der Waals surface area contributed by atoms with Crippen molar-refractivity contribution < 1.29 is 4.79 Å². The van der Waals surface area contributed by atoms with E-state index in [-0.39, 0.29) is 5.56 Å². The zero-order valence-electron chi connectivity index (χ0n) is 14.9. The van der Waals surface area contributed by atoms with Gasteiger partial charge in [-0.05, 0) is 31.0 Å². The molecule has 4 rings (SSSR count). The molecule has 2 aromatic carbocycles. The second kappa shape index (κ2) is 7.56. The number of carbonyl (C=O) groups excluding carboxylic acids is 1. The standard InChI is InChI=1S/C21H20N4O2/c26-14-22-18-13-15(9-10-19(18)25-11-5-1-2-6-12-25)20-16-7-3-4-8-17(16)21(27)24-23-20/h3-4,7-10,13H,1-2,5-6,11-12H2,(H,24,27). The first kappa shape index (κ1) is 17.2. The van der Waals surface area contributed by atoms with Crippen molar-refractivity contribution in [1.29, 1.82) is 0 Å². The molecule has 27 heavy (non-hydrogen) atoms. The van der Waals surface area contributed by atoms with Crippen molar-refractivity contribution >= 4 is 28.2 Å². The van der Waals surface area contributed by atoms with Crippen LogP contribution in [-0.2, 0) is 4.79 Å². The summed E-state index contributed by atoms with van der Waals surface area (Å²) < 4.78 is 0. The average molecular weight is 360 g/mol. The summed E-state index contributed by atoms with van der Waals surface area (Å²) in [6, 6.07) is 13.1. The first-order valence-electron chi connectivity index (χ1n) is 9.22. The number of nitrogens with one attached hydrogen (secondary N) is 1. The lowest BCUT2D eigenvalue weighted by Gasteiger charge is -2.24. The number of aromatic nitrogens is 2. The molecule has 0 aliphatic carbocycles. The van der Waals surface area contributed by atoms with E-state index in [1.54, 1.807) is 12.1 Å². The van der Waals surface area contributed by atoms with Crippen molar-refractivity contribution in [3.63, 3.8) is 0 Å². The van der Waals surface area contributed by atoms with E-state index in [1.165, 1.54) is 12.8 Å². The van der Waals surface area contributed by atoms with Gasteiger partial charge in [-0.25, -0.2) is 9.89 Å². The van der Waals surface area contributed by atoms with Gasteiger partial charge in [0.1, 0.15) is 5.69 Å². The first-order valence-corrected chi connectivity index (χ1v) is 9.22. The Morgan fingerprint density at radius 3 is 2.48 bits per heavy atom. The molecule has 3 aromatic rings. The highest BCUT2D eigenvalue weighted by atomic mass is 16.1. The van der Waals surface area contributed by atoms with Crippen molar-refractivity contribution in [3.05, 3.63) is 52.8 Å². The lowest BCUT2D eigenvalue weighted by Crippen LogP contribution is -2.23. The Kier molecular flexibility index (Phi) is 4.81. The summed E-state index contributed by atoms with van der Waals surface area (Å²) in [5.41, 5.74) is 2.77. The molecule has 0 saturated carbocycles. The molecule has 136 valence electrons. The van der Waals surface area contributed by atoms with Crippen LogP contribution in [0.1, 0.15) is 25.7 Å². The summed E-state index contributed by atoms with van der Waals surface area (Å²) in [6.45, 7) is 1.92. The molecule has 2 heterocycles. The minimum atomic E-state index is -0.221. The maximum Gasteiger partial charge on any atom is 0.272 e. The van der Waals surface area contributed by atoms with Gasteiger partial charge in [-0.1, -0.05) is 37.1 Å². The monoisotopic (exact) mass is 360 g/mol. The molecular formula is C21H20N4O2. The highest BCUT2D eigenvalue weighted by molar-refractivity contribution is 5.94. The number of hydrogen-bond donors (Lipinski definition) is 1. The zero-order chi connectivity index (χ0) is 18.6. The second-order valence-corrected chi connectivity index (χ2v) is 6.75. The van der Waals surface area contributed by atoms with Crippen LogP contribution in [0, 0.1) is 0 Å². The Labute approximate surface area is 156 Å². The molecule has 6 nitrogen and oxygen atoms in total. The van der Waals surface area contributed by atoms with Crippen molar-refractivity contribution in [2.45, 2.75) is 25.7 Å². The lowest BCUT2D eigenvalue weighted by molar-refractivity contribution is 0.565. The average Bonchev–Trinajstić information content (AvgIpc) is 2.98. The Bertz CT molecular complexity index is 1070. The van der Waals surface area contributed by atoms with Gasteiger partial charge in [-0.2, -0.15) is 10.1 Å². The summed E-state index contributed by atoms with van der Waals surface area (Å²) in [5, 5.41) is 8.15. The maximum atomic E-state index is 12.0. The Morgan fingerprint density at radius 2 is 1.74 bits per heavy atom. The van der Waals surface area contributed by atoms with E-state index in [0.29, 0.717) is 16.8 Å². The Hall–Kier alpha value is -3.24. The highest BCUT2D eigenvalue weighted by Gasteiger charge is 2.16. The summed E-state index contributed by atoms with van der Waals surface area (Å²) in [6.07, 6.45) is 6.41. The van der Waals surface area contributed by atoms with E-state index in [9.17, 15) is 9.59 Å². The van der Waals surface area contributed by atoms with Crippen molar-refractivity contribution in [2.75, 3.05) is 18.0 Å². The van der Waals surface area contributed by atoms with Crippen LogP contribution in [0.25, 0.3) is 22.0 Å². The lowest BCUT2D eigenvalue weighted by atomic mass is 10.0. The topological polar surface area (TPSA) is 78.4 Å². The molecule has 1 aliphatic rings. The van der Waals surface area contributed by atoms with Crippen molar-refractivity contribution in [2.24, 2.45) is 4.99 Å². The number of H-pyrrole nitrogens is 1. The molecule has 0 amide bonds. The van der Waals surface area contributed by atoms with Gasteiger partial charge in [-0.15, -0.1) is 0 Å². The molecule has 1 aliphatic heterocycles. The number of hydrogen-bond acceptors (Lipinski definition) is 5. The van der Waals surface area contributed by atoms with Gasteiger partial charge in [0.15, 0.2) is 0 Å². The molecule has 1 aromatic heterocycles. The molecule has 1 fully saturated rings. The zero-order valence-corrected chi connectivity index (χ0v) is 14.9. The summed E-state index contributed by atoms with van der Waals surface area (Å²) >= 11 is 0. The summed E-state index contributed by atoms with van der Waals surface area (Å²) in [7, 11) is 0. The number of fused-ring (bicyclic) bond motifs is 1. The van der Waals surface area contributed by atoms with Crippen LogP contribution in [-0.4, -0.2) is 29.4 Å². The van der Waals surface area contributed by atoms with Crippen LogP contribution < -0.4 is 10.5 Å². The Morgan fingerprint density at radius 1 is 1.00 bits per heavy atom. The van der Waals surface area contributed by atoms with Gasteiger partial charge in [0.05, 0.1) is 16.8 Å². The van der Waals surface area contributed by atoms with Crippen LogP contribution in [0.2, 0.25) is 0 Å². The summed E-state index contributed by atoms with van der Waals surface area (Å²) in [4.78, 5) is 29.3. The molecule has 0 unspecified atom stereocenters. The van der Waals surface area contributed by atoms with Crippen molar-refractivity contribution in [1.82, 2.24) is 10.2 Å². The van der Waals surface area contributed by atoms with E-state index in [1.807, 2.05) is 36.4 Å². The van der Waals surface area contributed by atoms with Gasteiger partial charge < -0.3 is 4.90 Å². The highest BCUT2D eigenvalue weighted by Crippen LogP contribution is 2.35. The number of rotatable bonds is 3. The number of aromatic amines is 1. The van der Waals surface area contributed by atoms with E-state index < -0.39 is 0 Å². The number of anilines is 1. The maximum absolute atomic E-state index is 12.0. The number of aliphatic imine (C=N–C) groups is 1. The first-order chi connectivity index (χ1) is 13.3. The molecule has 1 N–H and O–H groups in total. The van der Waals surface area contributed by atoms with E-state index in [4.69, 9.17) is 0 Å². The minimum absolute atomic E-state index is 0.221. The van der Waals surface area contributed by atoms with Crippen LogP contribution in [0.15, 0.2) is 52.3 Å². The van der Waals surface area contributed by atoms with E-state index in [2.05, 4.69) is 20.1 Å². The van der Waals surface area contributed by atoms with E-state index in [0.717, 1.165) is 42.6 Å². The smallest absolute Gasteiger partial charge is 0.272 e. The van der Waals surface area contributed by atoms with Gasteiger partial charge in [0, 0.05) is 24.0 Å². The molecule has 0 radical (unpaired) electrons. The van der Waals surface area contributed by atoms with Crippen LogP contribution >= 0.6 is 0 Å². The third kappa shape index (κ3) is 3.39. The van der Waals surface area contributed by atoms with Gasteiger partial charge in [0.25, 0.3) is 5.56 Å². The summed E-state index contributed by atoms with van der Waals surface area (Å²) in [5.74, 6) is 0. The quantitative estimate of drug-likeness (QED) is 0.567. The fourth-order valence-electron chi connectivity index (χ4n) is 3.72. The SMILES string of the molecule is O=C=Nc1cc(-c2n[nH]c(=O)c3ccccc23)ccc1N1CCCCCC1. The molecule has 0 bridgehead atoms. The normalized spacial score (nSPS) is 14.6. The van der Waals surface area contributed by atoms with Crippen LogP contribution in [0.5, 0.6) is 0 Å². The van der Waals surface area contributed by atoms with Gasteiger partial charge in [-0.3, -0.25) is 4.79 Å². The van der Waals surface area contributed by atoms with Crippen LogP contribution in [0.3, 0.4) is 0 Å². The molecule has 6 heteroatoms. The number of nitrogens with zero attached hydrogens (tertiary/aromatic N) is 3. The van der Waals surface area contributed by atoms with Crippen LogP contribution in [0.4, 0.5) is 11.4 Å².